The Morgan fingerprint density at radius 1 is 1.19 bits per heavy atom. The molecule has 0 spiro atoms. The lowest BCUT2D eigenvalue weighted by atomic mass is 10.0. The fourth-order valence-corrected chi connectivity index (χ4v) is 3.79. The smallest absolute Gasteiger partial charge is 0.127 e. The lowest BCUT2D eigenvalue weighted by Crippen LogP contribution is -2.24. The Bertz CT molecular complexity index is 663. The van der Waals surface area contributed by atoms with Gasteiger partial charge >= 0.3 is 0 Å². The van der Waals surface area contributed by atoms with E-state index in [9.17, 15) is 8.78 Å². The minimum absolute atomic E-state index is 0.0373. The zero-order valence-corrected chi connectivity index (χ0v) is 12.8. The van der Waals surface area contributed by atoms with Gasteiger partial charge in [0.15, 0.2) is 0 Å². The number of rotatable bonds is 3. The van der Waals surface area contributed by atoms with Gasteiger partial charge in [0.1, 0.15) is 11.6 Å². The van der Waals surface area contributed by atoms with Crippen molar-refractivity contribution in [2.45, 2.75) is 23.9 Å². The molecule has 1 atom stereocenters. The first-order valence-corrected chi connectivity index (χ1v) is 8.09. The normalized spacial score (nSPS) is 17.6. The maximum Gasteiger partial charge on any atom is 0.127 e. The van der Waals surface area contributed by atoms with E-state index in [1.807, 2.05) is 6.07 Å². The summed E-state index contributed by atoms with van der Waals surface area (Å²) >= 11 is 7.62. The summed E-state index contributed by atoms with van der Waals surface area (Å²) in [4.78, 5) is 1.09. The number of hydrogen-bond acceptors (Lipinski definition) is 2. The summed E-state index contributed by atoms with van der Waals surface area (Å²) in [6.07, 6.45) is 0.892. The van der Waals surface area contributed by atoms with Crippen LogP contribution < -0.4 is 5.32 Å². The summed E-state index contributed by atoms with van der Waals surface area (Å²) in [5.74, 6) is 0.447. The van der Waals surface area contributed by atoms with Crippen molar-refractivity contribution in [3.63, 3.8) is 0 Å². The Balaban J connectivity index is 1.78. The maximum absolute atomic E-state index is 13.7. The van der Waals surface area contributed by atoms with E-state index in [4.69, 9.17) is 11.6 Å². The molecule has 5 heteroatoms. The molecule has 0 radical (unpaired) electrons. The Labute approximate surface area is 131 Å². The van der Waals surface area contributed by atoms with Crippen molar-refractivity contribution in [1.82, 2.24) is 5.32 Å². The molecule has 0 saturated carbocycles. The Morgan fingerprint density at radius 3 is 2.90 bits per heavy atom. The van der Waals surface area contributed by atoms with Gasteiger partial charge in [0.25, 0.3) is 0 Å². The van der Waals surface area contributed by atoms with Crippen molar-refractivity contribution in [3.05, 3.63) is 64.2 Å². The number of hydrogen-bond donors (Lipinski definition) is 1. The summed E-state index contributed by atoms with van der Waals surface area (Å²) in [6, 6.07) is 9.40. The third-order valence-corrected chi connectivity index (χ3v) is 4.92. The summed E-state index contributed by atoms with van der Waals surface area (Å²) in [7, 11) is 0. The standard InChI is InChI=1S/C16H14ClF2NS/c17-11-1-3-14(19)10(7-11)9-20-15-5-6-21-16-4-2-12(18)8-13(15)16/h1-4,7-8,15,20H,5-6,9H2. The summed E-state index contributed by atoms with van der Waals surface area (Å²) in [5.41, 5.74) is 1.48. The molecular formula is C16H14ClF2NS. The van der Waals surface area contributed by atoms with Gasteiger partial charge < -0.3 is 5.32 Å². The molecule has 0 fully saturated rings. The first-order valence-electron chi connectivity index (χ1n) is 6.73. The average molecular weight is 326 g/mol. The number of nitrogens with one attached hydrogen (secondary N) is 1. The van der Waals surface area contributed by atoms with Crippen molar-refractivity contribution in [2.24, 2.45) is 0 Å². The molecule has 1 aliphatic heterocycles. The SMILES string of the molecule is Fc1ccc2c(c1)C(NCc1cc(Cl)ccc1F)CCS2. The van der Waals surface area contributed by atoms with Crippen LogP contribution in [-0.2, 0) is 6.54 Å². The molecule has 1 aliphatic rings. The van der Waals surface area contributed by atoms with Gasteiger partial charge in [-0.15, -0.1) is 11.8 Å². The number of thioether (sulfide) groups is 1. The van der Waals surface area contributed by atoms with Gasteiger partial charge in [-0.2, -0.15) is 0 Å². The van der Waals surface area contributed by atoms with Crippen LogP contribution in [0.3, 0.4) is 0 Å². The zero-order chi connectivity index (χ0) is 14.8. The highest BCUT2D eigenvalue weighted by Crippen LogP contribution is 2.36. The molecule has 0 saturated heterocycles. The second-order valence-electron chi connectivity index (χ2n) is 4.99. The van der Waals surface area contributed by atoms with Crippen LogP contribution in [0, 0.1) is 11.6 Å². The quantitative estimate of drug-likeness (QED) is 0.857. The van der Waals surface area contributed by atoms with Crippen molar-refractivity contribution in [3.8, 4) is 0 Å². The first kappa shape index (κ1) is 14.8. The third-order valence-electron chi connectivity index (χ3n) is 3.56. The van der Waals surface area contributed by atoms with E-state index in [0.29, 0.717) is 17.1 Å². The van der Waals surface area contributed by atoms with Crippen LogP contribution in [0.25, 0.3) is 0 Å². The predicted octanol–water partition coefficient (Wildman–Crippen LogP) is 4.94. The van der Waals surface area contributed by atoms with Gasteiger partial charge in [-0.05, 0) is 54.1 Å². The number of halogens is 3. The molecule has 1 heterocycles. The number of fused-ring (bicyclic) bond motifs is 1. The lowest BCUT2D eigenvalue weighted by Gasteiger charge is -2.26. The molecule has 0 aromatic heterocycles. The fraction of sp³-hybridized carbons (Fsp3) is 0.250. The average Bonchev–Trinajstić information content (AvgIpc) is 2.48. The van der Waals surface area contributed by atoms with E-state index >= 15 is 0 Å². The molecule has 110 valence electrons. The van der Waals surface area contributed by atoms with Crippen molar-refractivity contribution in [2.75, 3.05) is 5.75 Å². The second-order valence-corrected chi connectivity index (χ2v) is 6.56. The number of benzene rings is 2. The van der Waals surface area contributed by atoms with Crippen molar-refractivity contribution < 1.29 is 8.78 Å². The molecule has 0 bridgehead atoms. The monoisotopic (exact) mass is 325 g/mol. The molecule has 1 nitrogen and oxygen atoms in total. The van der Waals surface area contributed by atoms with Crippen LogP contribution in [0.15, 0.2) is 41.3 Å². The van der Waals surface area contributed by atoms with E-state index in [1.165, 1.54) is 18.2 Å². The van der Waals surface area contributed by atoms with Crippen LogP contribution in [0.4, 0.5) is 8.78 Å². The highest BCUT2D eigenvalue weighted by atomic mass is 35.5. The topological polar surface area (TPSA) is 12.0 Å². The van der Waals surface area contributed by atoms with Crippen LogP contribution in [0.5, 0.6) is 0 Å². The Kier molecular flexibility index (Phi) is 4.48. The van der Waals surface area contributed by atoms with E-state index in [2.05, 4.69) is 5.32 Å². The lowest BCUT2D eigenvalue weighted by molar-refractivity contribution is 0.493. The molecule has 0 amide bonds. The van der Waals surface area contributed by atoms with Gasteiger partial charge in [0.2, 0.25) is 0 Å². The molecular weight excluding hydrogens is 312 g/mol. The third kappa shape index (κ3) is 3.39. The molecule has 0 aliphatic carbocycles. The fourth-order valence-electron chi connectivity index (χ4n) is 2.49. The predicted molar refractivity (Wildman–Crippen MR) is 82.7 cm³/mol. The van der Waals surface area contributed by atoms with Crippen molar-refractivity contribution in [1.29, 1.82) is 0 Å². The van der Waals surface area contributed by atoms with E-state index in [-0.39, 0.29) is 17.7 Å². The van der Waals surface area contributed by atoms with Gasteiger partial charge in [-0.1, -0.05) is 11.6 Å². The molecule has 1 unspecified atom stereocenters. The zero-order valence-electron chi connectivity index (χ0n) is 11.2. The van der Waals surface area contributed by atoms with Crippen LogP contribution in [0.2, 0.25) is 5.02 Å². The Hall–Kier alpha value is -1.10. The van der Waals surface area contributed by atoms with E-state index < -0.39 is 0 Å². The van der Waals surface area contributed by atoms with Crippen LogP contribution in [-0.4, -0.2) is 5.75 Å². The summed E-state index contributed by atoms with van der Waals surface area (Å²) in [5, 5.41) is 3.82. The van der Waals surface area contributed by atoms with E-state index in [1.54, 1.807) is 23.9 Å². The van der Waals surface area contributed by atoms with Gasteiger partial charge in [-0.25, -0.2) is 8.78 Å². The highest BCUT2D eigenvalue weighted by Gasteiger charge is 2.21. The van der Waals surface area contributed by atoms with E-state index in [0.717, 1.165) is 22.6 Å². The first-order chi connectivity index (χ1) is 10.1. The largest absolute Gasteiger partial charge is 0.306 e. The van der Waals surface area contributed by atoms with Crippen LogP contribution >= 0.6 is 23.4 Å². The minimum atomic E-state index is -0.281. The molecule has 3 rings (SSSR count). The molecule has 2 aromatic carbocycles. The maximum atomic E-state index is 13.7. The van der Waals surface area contributed by atoms with Gasteiger partial charge in [-0.3, -0.25) is 0 Å². The summed E-state index contributed by atoms with van der Waals surface area (Å²) in [6.45, 7) is 0.373. The van der Waals surface area contributed by atoms with Crippen LogP contribution in [0.1, 0.15) is 23.6 Å². The molecule has 1 N–H and O–H groups in total. The Morgan fingerprint density at radius 2 is 2.05 bits per heavy atom. The minimum Gasteiger partial charge on any atom is -0.306 e. The van der Waals surface area contributed by atoms with Crippen molar-refractivity contribution >= 4 is 23.4 Å². The van der Waals surface area contributed by atoms with Gasteiger partial charge in [0, 0.05) is 28.1 Å². The highest BCUT2D eigenvalue weighted by molar-refractivity contribution is 7.99. The molecule has 2 aromatic rings. The second kappa shape index (κ2) is 6.34. The molecule has 21 heavy (non-hydrogen) atoms. The van der Waals surface area contributed by atoms with Gasteiger partial charge in [0.05, 0.1) is 0 Å². The summed E-state index contributed by atoms with van der Waals surface area (Å²) < 4.78 is 27.2.